The largest absolute Gasteiger partial charge is 0.391 e. The molecule has 0 saturated heterocycles. The van der Waals surface area contributed by atoms with Gasteiger partial charge in [-0.3, -0.25) is 0 Å². The van der Waals surface area contributed by atoms with Gasteiger partial charge in [-0.2, -0.15) is 13.2 Å². The number of alkyl halides is 3. The molecule has 0 amide bonds. The van der Waals surface area contributed by atoms with Gasteiger partial charge in [-0.05, 0) is 24.6 Å². The molecule has 5 heteroatoms. The first-order chi connectivity index (χ1) is 9.87. The van der Waals surface area contributed by atoms with Gasteiger partial charge >= 0.3 is 6.18 Å². The molecule has 1 atom stereocenters. The van der Waals surface area contributed by atoms with Gasteiger partial charge < -0.3 is 5.32 Å². The van der Waals surface area contributed by atoms with Crippen molar-refractivity contribution >= 4 is 5.69 Å². The van der Waals surface area contributed by atoms with E-state index in [1.807, 2.05) is 0 Å². The van der Waals surface area contributed by atoms with Crippen LogP contribution in [0, 0.1) is 12.7 Å². The minimum Gasteiger partial charge on any atom is -0.378 e. The number of rotatable bonds is 4. The van der Waals surface area contributed by atoms with E-state index < -0.39 is 24.5 Å². The zero-order valence-electron chi connectivity index (χ0n) is 11.4. The van der Waals surface area contributed by atoms with Crippen molar-refractivity contribution in [2.75, 3.05) is 5.32 Å². The van der Waals surface area contributed by atoms with E-state index in [2.05, 4.69) is 5.32 Å². The average molecular weight is 297 g/mol. The van der Waals surface area contributed by atoms with Crippen molar-refractivity contribution in [3.05, 3.63) is 65.5 Å². The highest BCUT2D eigenvalue weighted by Gasteiger charge is 2.32. The fourth-order valence-corrected chi connectivity index (χ4v) is 2.12. The lowest BCUT2D eigenvalue weighted by Crippen LogP contribution is -2.20. The van der Waals surface area contributed by atoms with Gasteiger partial charge in [-0.15, -0.1) is 0 Å². The van der Waals surface area contributed by atoms with Crippen LogP contribution in [-0.4, -0.2) is 6.18 Å². The Morgan fingerprint density at radius 2 is 1.67 bits per heavy atom. The smallest absolute Gasteiger partial charge is 0.378 e. The fourth-order valence-electron chi connectivity index (χ4n) is 2.12. The molecule has 0 radical (unpaired) electrons. The summed E-state index contributed by atoms with van der Waals surface area (Å²) < 4.78 is 51.8. The molecule has 0 aliphatic rings. The van der Waals surface area contributed by atoms with Crippen LogP contribution in [0.4, 0.5) is 23.2 Å². The van der Waals surface area contributed by atoms with Gasteiger partial charge in [0.2, 0.25) is 0 Å². The lowest BCUT2D eigenvalue weighted by Gasteiger charge is -2.23. The number of benzene rings is 2. The highest BCUT2D eigenvalue weighted by atomic mass is 19.4. The van der Waals surface area contributed by atoms with Crippen molar-refractivity contribution in [3.8, 4) is 0 Å². The molecular weight excluding hydrogens is 282 g/mol. The highest BCUT2D eigenvalue weighted by Crippen LogP contribution is 2.33. The quantitative estimate of drug-likeness (QED) is 0.761. The normalized spacial score (nSPS) is 13.0. The Bertz CT molecular complexity index is 593. The predicted octanol–water partition coefficient (Wildman–Crippen LogP) is 5.24. The van der Waals surface area contributed by atoms with Crippen molar-refractivity contribution in [2.24, 2.45) is 0 Å². The molecule has 21 heavy (non-hydrogen) atoms. The number of halogens is 4. The summed E-state index contributed by atoms with van der Waals surface area (Å²) in [6, 6.07) is 11.7. The molecule has 2 aromatic carbocycles. The van der Waals surface area contributed by atoms with Gasteiger partial charge in [-0.25, -0.2) is 4.39 Å². The second-order valence-corrected chi connectivity index (χ2v) is 4.84. The maximum atomic E-state index is 13.5. The Morgan fingerprint density at radius 3 is 2.29 bits per heavy atom. The third kappa shape index (κ3) is 4.21. The van der Waals surface area contributed by atoms with Gasteiger partial charge in [0.25, 0.3) is 0 Å². The van der Waals surface area contributed by atoms with E-state index in [0.29, 0.717) is 16.8 Å². The standard InChI is InChI=1S/C16H15F4N/c1-11-13(17)8-5-9-14(11)21-15(10-16(18,19)20)12-6-3-2-4-7-12/h2-9,15,21H,10H2,1H3. The van der Waals surface area contributed by atoms with Crippen LogP contribution in [-0.2, 0) is 0 Å². The molecule has 1 unspecified atom stereocenters. The van der Waals surface area contributed by atoms with Crippen LogP contribution in [0.15, 0.2) is 48.5 Å². The van der Waals surface area contributed by atoms with E-state index in [0.717, 1.165) is 0 Å². The number of anilines is 1. The SMILES string of the molecule is Cc1c(F)cccc1NC(CC(F)(F)F)c1ccccc1. The molecule has 1 N–H and O–H groups in total. The summed E-state index contributed by atoms with van der Waals surface area (Å²) in [5.41, 5.74) is 1.19. The van der Waals surface area contributed by atoms with Crippen LogP contribution in [0.3, 0.4) is 0 Å². The molecule has 0 saturated carbocycles. The summed E-state index contributed by atoms with van der Waals surface area (Å²) in [6.07, 6.45) is -5.33. The van der Waals surface area contributed by atoms with E-state index in [1.54, 1.807) is 36.4 Å². The van der Waals surface area contributed by atoms with E-state index in [9.17, 15) is 17.6 Å². The van der Waals surface area contributed by atoms with Gasteiger partial charge in [0.15, 0.2) is 0 Å². The van der Waals surface area contributed by atoms with Gasteiger partial charge in [0.1, 0.15) is 5.82 Å². The van der Waals surface area contributed by atoms with Crippen LogP contribution in [0.25, 0.3) is 0 Å². The van der Waals surface area contributed by atoms with Crippen molar-refractivity contribution < 1.29 is 17.6 Å². The van der Waals surface area contributed by atoms with E-state index in [4.69, 9.17) is 0 Å². The van der Waals surface area contributed by atoms with Gasteiger partial charge in [-0.1, -0.05) is 36.4 Å². The zero-order chi connectivity index (χ0) is 15.5. The molecule has 1 nitrogen and oxygen atoms in total. The first-order valence-corrected chi connectivity index (χ1v) is 6.50. The summed E-state index contributed by atoms with van der Waals surface area (Å²) in [4.78, 5) is 0. The summed E-state index contributed by atoms with van der Waals surface area (Å²) in [7, 11) is 0. The molecule has 0 bridgehead atoms. The minimum atomic E-state index is -4.31. The Kier molecular flexibility index (Phi) is 4.50. The lowest BCUT2D eigenvalue weighted by molar-refractivity contribution is -0.137. The Morgan fingerprint density at radius 1 is 1.00 bits per heavy atom. The van der Waals surface area contributed by atoms with Crippen LogP contribution in [0.5, 0.6) is 0 Å². The molecule has 0 aliphatic carbocycles. The lowest BCUT2D eigenvalue weighted by atomic mass is 10.0. The first kappa shape index (κ1) is 15.4. The highest BCUT2D eigenvalue weighted by molar-refractivity contribution is 5.52. The molecule has 112 valence electrons. The zero-order valence-corrected chi connectivity index (χ0v) is 11.4. The molecule has 2 aromatic rings. The maximum absolute atomic E-state index is 13.5. The second-order valence-electron chi connectivity index (χ2n) is 4.84. The van der Waals surface area contributed by atoms with Gasteiger partial charge in [0.05, 0.1) is 12.5 Å². The van der Waals surface area contributed by atoms with Crippen LogP contribution < -0.4 is 5.32 Å². The van der Waals surface area contributed by atoms with Crippen molar-refractivity contribution in [1.82, 2.24) is 0 Å². The topological polar surface area (TPSA) is 12.0 Å². The molecule has 0 aliphatic heterocycles. The van der Waals surface area contributed by atoms with Gasteiger partial charge in [0, 0.05) is 11.3 Å². The minimum absolute atomic E-state index is 0.306. The molecule has 2 rings (SSSR count). The Labute approximate surface area is 120 Å². The summed E-state index contributed by atoms with van der Waals surface area (Å²) in [6.45, 7) is 1.54. The third-order valence-electron chi connectivity index (χ3n) is 3.23. The second kappa shape index (κ2) is 6.16. The Balaban J connectivity index is 2.30. The van der Waals surface area contributed by atoms with Crippen molar-refractivity contribution in [3.63, 3.8) is 0 Å². The molecule has 0 spiro atoms. The number of hydrogen-bond acceptors (Lipinski definition) is 1. The number of nitrogens with one attached hydrogen (secondary N) is 1. The maximum Gasteiger partial charge on any atom is 0.391 e. The monoisotopic (exact) mass is 297 g/mol. The Hall–Kier alpha value is -2.04. The average Bonchev–Trinajstić information content (AvgIpc) is 2.42. The summed E-state index contributed by atoms with van der Waals surface area (Å²) in [5, 5.41) is 2.80. The summed E-state index contributed by atoms with van der Waals surface area (Å²) >= 11 is 0. The summed E-state index contributed by atoms with van der Waals surface area (Å²) in [5.74, 6) is -0.446. The predicted molar refractivity (Wildman–Crippen MR) is 74.6 cm³/mol. The third-order valence-corrected chi connectivity index (χ3v) is 3.23. The van der Waals surface area contributed by atoms with Crippen molar-refractivity contribution in [2.45, 2.75) is 25.6 Å². The molecule has 0 aromatic heterocycles. The molecule has 0 fully saturated rings. The van der Waals surface area contributed by atoms with Crippen LogP contribution in [0.2, 0.25) is 0 Å². The van der Waals surface area contributed by atoms with E-state index in [-0.39, 0.29) is 0 Å². The van der Waals surface area contributed by atoms with E-state index in [1.165, 1.54) is 19.1 Å². The van der Waals surface area contributed by atoms with E-state index >= 15 is 0 Å². The van der Waals surface area contributed by atoms with Crippen LogP contribution in [0.1, 0.15) is 23.6 Å². The van der Waals surface area contributed by atoms with Crippen LogP contribution >= 0.6 is 0 Å². The molecular formula is C16H15F4N. The number of hydrogen-bond donors (Lipinski definition) is 1. The first-order valence-electron chi connectivity index (χ1n) is 6.50. The van der Waals surface area contributed by atoms with Crippen molar-refractivity contribution in [1.29, 1.82) is 0 Å². The molecule has 0 heterocycles. The fraction of sp³-hybridized carbons (Fsp3) is 0.250.